The van der Waals surface area contributed by atoms with Crippen LogP contribution in [0.5, 0.6) is 0 Å². The highest BCUT2D eigenvalue weighted by molar-refractivity contribution is 9.10. The Morgan fingerprint density at radius 1 is 1.28 bits per heavy atom. The molecule has 2 rings (SSSR count). The van der Waals surface area contributed by atoms with Gasteiger partial charge in [-0.3, -0.25) is 0 Å². The van der Waals surface area contributed by atoms with Crippen LogP contribution < -0.4 is 5.32 Å². The Labute approximate surface area is 120 Å². The number of rotatable bonds is 6. The monoisotopic (exact) mass is 325 g/mol. The van der Waals surface area contributed by atoms with E-state index in [-0.39, 0.29) is 12.6 Å². The summed E-state index contributed by atoms with van der Waals surface area (Å²) in [6.45, 7) is 0.954. The number of halogens is 1. The number of hydrogen-bond donors (Lipinski definition) is 2. The second kappa shape index (κ2) is 7.04. The molecule has 1 aromatic heterocycles. The molecule has 4 heteroatoms. The minimum Gasteiger partial charge on any atom is -0.395 e. The van der Waals surface area contributed by atoms with Crippen molar-refractivity contribution in [1.82, 2.24) is 5.32 Å². The molecule has 0 radical (unpaired) electrons. The molecule has 96 valence electrons. The van der Waals surface area contributed by atoms with Gasteiger partial charge in [0.25, 0.3) is 0 Å². The Morgan fingerprint density at radius 3 is 2.67 bits per heavy atom. The summed E-state index contributed by atoms with van der Waals surface area (Å²) in [5.41, 5.74) is 1.25. The summed E-state index contributed by atoms with van der Waals surface area (Å²) in [4.78, 5) is 1.27. The summed E-state index contributed by atoms with van der Waals surface area (Å²) in [6.07, 6.45) is 0.851. The van der Waals surface area contributed by atoms with Crippen molar-refractivity contribution in [1.29, 1.82) is 0 Å². The molecule has 0 aliphatic heterocycles. The first-order valence-corrected chi connectivity index (χ1v) is 7.56. The van der Waals surface area contributed by atoms with Crippen LogP contribution in [-0.2, 0) is 13.0 Å². The fourth-order valence-electron chi connectivity index (χ4n) is 1.79. The molecule has 0 amide bonds. The molecule has 0 aliphatic rings. The van der Waals surface area contributed by atoms with Crippen LogP contribution in [0.3, 0.4) is 0 Å². The average Bonchev–Trinajstić information content (AvgIpc) is 2.81. The first-order valence-electron chi connectivity index (χ1n) is 5.89. The van der Waals surface area contributed by atoms with Gasteiger partial charge in [0, 0.05) is 27.3 Å². The van der Waals surface area contributed by atoms with Crippen LogP contribution in [0.1, 0.15) is 10.4 Å². The number of hydrogen-bond acceptors (Lipinski definition) is 3. The Bertz CT molecular complexity index is 472. The summed E-state index contributed by atoms with van der Waals surface area (Å²) in [5.74, 6) is 0. The van der Waals surface area contributed by atoms with E-state index in [4.69, 9.17) is 0 Å². The highest BCUT2D eigenvalue weighted by Crippen LogP contribution is 2.19. The van der Waals surface area contributed by atoms with Crippen molar-refractivity contribution in [3.63, 3.8) is 0 Å². The second-order valence-corrected chi connectivity index (χ2v) is 6.09. The molecule has 0 saturated heterocycles. The van der Waals surface area contributed by atoms with E-state index in [0.29, 0.717) is 0 Å². The van der Waals surface area contributed by atoms with Crippen LogP contribution in [0.2, 0.25) is 0 Å². The van der Waals surface area contributed by atoms with Gasteiger partial charge in [0.15, 0.2) is 0 Å². The number of nitrogens with one attached hydrogen (secondary N) is 1. The molecule has 1 aromatic carbocycles. The van der Waals surface area contributed by atoms with Crippen LogP contribution in [-0.4, -0.2) is 17.8 Å². The van der Waals surface area contributed by atoms with Crippen LogP contribution in [0.4, 0.5) is 0 Å². The third-order valence-corrected chi connectivity index (χ3v) is 4.43. The molecule has 0 unspecified atom stereocenters. The fraction of sp³-hybridized carbons (Fsp3) is 0.286. The van der Waals surface area contributed by atoms with Gasteiger partial charge in [0.05, 0.1) is 6.61 Å². The van der Waals surface area contributed by atoms with Crippen LogP contribution in [0, 0.1) is 0 Å². The first-order chi connectivity index (χ1) is 8.78. The number of aliphatic hydroxyl groups is 1. The zero-order valence-corrected chi connectivity index (χ0v) is 12.4. The molecule has 1 heterocycles. The molecule has 0 saturated carbocycles. The topological polar surface area (TPSA) is 32.3 Å². The zero-order valence-electron chi connectivity index (χ0n) is 9.97. The standard InChI is InChI=1S/C14H16BrNOS/c15-12-7-14(18-10-12)8-16-13(9-17)6-11-4-2-1-3-5-11/h1-5,7,10,13,16-17H,6,8-9H2/t13-/m1/s1. The van der Waals surface area contributed by atoms with Crippen molar-refractivity contribution >= 4 is 27.3 Å². The Balaban J connectivity index is 1.86. The molecule has 0 fully saturated rings. The van der Waals surface area contributed by atoms with Crippen LogP contribution >= 0.6 is 27.3 Å². The van der Waals surface area contributed by atoms with E-state index < -0.39 is 0 Å². The molecule has 18 heavy (non-hydrogen) atoms. The highest BCUT2D eigenvalue weighted by atomic mass is 79.9. The smallest absolute Gasteiger partial charge is 0.0587 e. The summed E-state index contributed by atoms with van der Waals surface area (Å²) in [5, 5.41) is 14.9. The normalized spacial score (nSPS) is 12.6. The third-order valence-electron chi connectivity index (χ3n) is 2.73. The van der Waals surface area contributed by atoms with Crippen molar-refractivity contribution in [3.8, 4) is 0 Å². The van der Waals surface area contributed by atoms with Crippen molar-refractivity contribution in [2.75, 3.05) is 6.61 Å². The molecule has 0 spiro atoms. The first kappa shape index (κ1) is 13.7. The highest BCUT2D eigenvalue weighted by Gasteiger charge is 2.08. The lowest BCUT2D eigenvalue weighted by molar-refractivity contribution is 0.241. The average molecular weight is 326 g/mol. The predicted molar refractivity (Wildman–Crippen MR) is 79.9 cm³/mol. The number of aliphatic hydroxyl groups excluding tert-OH is 1. The van der Waals surface area contributed by atoms with Crippen molar-refractivity contribution in [2.45, 2.75) is 19.0 Å². The van der Waals surface area contributed by atoms with E-state index in [1.807, 2.05) is 18.2 Å². The van der Waals surface area contributed by atoms with Gasteiger partial charge in [-0.05, 0) is 34.0 Å². The number of thiophene rings is 1. The third kappa shape index (κ3) is 4.21. The van der Waals surface area contributed by atoms with Crippen molar-refractivity contribution in [3.05, 3.63) is 56.7 Å². The van der Waals surface area contributed by atoms with Crippen molar-refractivity contribution in [2.24, 2.45) is 0 Å². The predicted octanol–water partition coefficient (Wildman–Crippen LogP) is 3.20. The van der Waals surface area contributed by atoms with Crippen LogP contribution in [0.15, 0.2) is 46.3 Å². The summed E-state index contributed by atoms with van der Waals surface area (Å²) in [7, 11) is 0. The molecular formula is C14H16BrNOS. The fourth-order valence-corrected chi connectivity index (χ4v) is 3.19. The molecule has 0 aliphatic carbocycles. The lowest BCUT2D eigenvalue weighted by atomic mass is 10.1. The van der Waals surface area contributed by atoms with Gasteiger partial charge in [-0.1, -0.05) is 30.3 Å². The van der Waals surface area contributed by atoms with Crippen LogP contribution in [0.25, 0.3) is 0 Å². The van der Waals surface area contributed by atoms with E-state index in [1.54, 1.807) is 11.3 Å². The van der Waals surface area contributed by atoms with Gasteiger partial charge in [-0.25, -0.2) is 0 Å². The lowest BCUT2D eigenvalue weighted by Crippen LogP contribution is -2.33. The van der Waals surface area contributed by atoms with Gasteiger partial charge in [-0.2, -0.15) is 0 Å². The molecule has 2 N–H and O–H groups in total. The molecule has 0 bridgehead atoms. The zero-order chi connectivity index (χ0) is 12.8. The molecular weight excluding hydrogens is 310 g/mol. The van der Waals surface area contributed by atoms with E-state index in [1.165, 1.54) is 10.4 Å². The molecule has 1 atom stereocenters. The maximum Gasteiger partial charge on any atom is 0.0587 e. The summed E-state index contributed by atoms with van der Waals surface area (Å²) in [6, 6.07) is 12.5. The maximum absolute atomic E-state index is 9.40. The molecule has 2 aromatic rings. The number of benzene rings is 1. The molecule has 2 nitrogen and oxygen atoms in total. The quantitative estimate of drug-likeness (QED) is 0.854. The lowest BCUT2D eigenvalue weighted by Gasteiger charge is -2.15. The minimum absolute atomic E-state index is 0.105. The van der Waals surface area contributed by atoms with E-state index in [9.17, 15) is 5.11 Å². The van der Waals surface area contributed by atoms with E-state index in [2.05, 4.69) is 44.8 Å². The summed E-state index contributed by atoms with van der Waals surface area (Å²) < 4.78 is 1.12. The summed E-state index contributed by atoms with van der Waals surface area (Å²) >= 11 is 5.16. The largest absolute Gasteiger partial charge is 0.395 e. The Kier molecular flexibility index (Phi) is 5.38. The minimum atomic E-state index is 0.105. The second-order valence-electron chi connectivity index (χ2n) is 4.18. The van der Waals surface area contributed by atoms with Crippen molar-refractivity contribution < 1.29 is 5.11 Å². The van der Waals surface area contributed by atoms with Gasteiger partial charge in [0.1, 0.15) is 0 Å². The Morgan fingerprint density at radius 2 is 2.06 bits per heavy atom. The maximum atomic E-state index is 9.40. The Hall–Kier alpha value is -0.680. The van der Waals surface area contributed by atoms with Gasteiger partial charge in [0.2, 0.25) is 0 Å². The van der Waals surface area contributed by atoms with Gasteiger partial charge >= 0.3 is 0 Å². The van der Waals surface area contributed by atoms with E-state index >= 15 is 0 Å². The SMILES string of the molecule is OC[C@@H](Cc1ccccc1)NCc1cc(Br)cs1. The van der Waals surface area contributed by atoms with Gasteiger partial charge in [-0.15, -0.1) is 11.3 Å². The van der Waals surface area contributed by atoms with Gasteiger partial charge < -0.3 is 10.4 Å². The van der Waals surface area contributed by atoms with E-state index in [0.717, 1.165) is 17.4 Å².